The van der Waals surface area contributed by atoms with E-state index in [1.807, 2.05) is 13.8 Å². The topological polar surface area (TPSA) is 95.5 Å². The standard InChI is InChI=1S/C18H26N2O4/c1-5-7-15(21)19-13-8-6-9-14(12(13)2)20-16(22)10-18(3,4)11-17(23)24/h6,8-9H,5,7,10-11H2,1-4H3,(H,19,21)(H,20,22)(H,23,24). The fraction of sp³-hybridized carbons (Fsp3) is 0.500. The number of anilines is 2. The summed E-state index contributed by atoms with van der Waals surface area (Å²) in [6, 6.07) is 5.30. The summed E-state index contributed by atoms with van der Waals surface area (Å²) in [6.45, 7) is 7.24. The average molecular weight is 334 g/mol. The van der Waals surface area contributed by atoms with E-state index < -0.39 is 11.4 Å². The Balaban J connectivity index is 2.79. The first-order chi connectivity index (χ1) is 11.1. The molecular formula is C18H26N2O4. The predicted octanol–water partition coefficient (Wildman–Crippen LogP) is 3.56. The Morgan fingerprint density at radius 2 is 1.58 bits per heavy atom. The molecule has 0 saturated heterocycles. The van der Waals surface area contributed by atoms with Crippen molar-refractivity contribution in [3.63, 3.8) is 0 Å². The van der Waals surface area contributed by atoms with Crippen molar-refractivity contribution in [3.05, 3.63) is 23.8 Å². The highest BCUT2D eigenvalue weighted by molar-refractivity contribution is 5.96. The van der Waals surface area contributed by atoms with Crippen LogP contribution >= 0.6 is 0 Å². The molecule has 0 aliphatic heterocycles. The number of carboxylic acids is 1. The lowest BCUT2D eigenvalue weighted by Crippen LogP contribution is -2.25. The van der Waals surface area contributed by atoms with E-state index in [-0.39, 0.29) is 24.7 Å². The summed E-state index contributed by atoms with van der Waals surface area (Å²) in [4.78, 5) is 34.8. The molecule has 0 fully saturated rings. The monoisotopic (exact) mass is 334 g/mol. The number of hydrogen-bond donors (Lipinski definition) is 3. The van der Waals surface area contributed by atoms with Crippen LogP contribution in [0.5, 0.6) is 0 Å². The first kappa shape index (κ1) is 19.7. The van der Waals surface area contributed by atoms with E-state index >= 15 is 0 Å². The van der Waals surface area contributed by atoms with Crippen LogP contribution in [0.2, 0.25) is 0 Å². The molecule has 132 valence electrons. The number of hydrogen-bond acceptors (Lipinski definition) is 3. The van der Waals surface area contributed by atoms with E-state index in [0.717, 1.165) is 12.0 Å². The van der Waals surface area contributed by atoms with Crippen LogP contribution in [-0.4, -0.2) is 22.9 Å². The van der Waals surface area contributed by atoms with Crippen LogP contribution in [-0.2, 0) is 14.4 Å². The zero-order chi connectivity index (χ0) is 18.3. The fourth-order valence-corrected chi connectivity index (χ4v) is 2.45. The van der Waals surface area contributed by atoms with Gasteiger partial charge in [-0.3, -0.25) is 14.4 Å². The molecular weight excluding hydrogens is 308 g/mol. The van der Waals surface area contributed by atoms with Crippen LogP contribution < -0.4 is 10.6 Å². The lowest BCUT2D eigenvalue weighted by molar-refractivity contribution is -0.139. The summed E-state index contributed by atoms with van der Waals surface area (Å²) in [5.74, 6) is -1.24. The van der Waals surface area contributed by atoms with Crippen molar-refractivity contribution in [2.24, 2.45) is 5.41 Å². The highest BCUT2D eigenvalue weighted by Crippen LogP contribution is 2.28. The predicted molar refractivity (Wildman–Crippen MR) is 94.0 cm³/mol. The minimum atomic E-state index is -0.926. The quantitative estimate of drug-likeness (QED) is 0.677. The second-order valence-electron chi connectivity index (χ2n) is 6.74. The Hall–Kier alpha value is -2.37. The molecule has 3 N–H and O–H groups in total. The number of benzene rings is 1. The van der Waals surface area contributed by atoms with Crippen LogP contribution in [0.4, 0.5) is 11.4 Å². The van der Waals surface area contributed by atoms with Gasteiger partial charge in [0.25, 0.3) is 0 Å². The molecule has 0 heterocycles. The van der Waals surface area contributed by atoms with Gasteiger partial charge in [0.2, 0.25) is 11.8 Å². The Bertz CT molecular complexity index is 623. The Labute approximate surface area is 142 Å². The van der Waals surface area contributed by atoms with Gasteiger partial charge < -0.3 is 15.7 Å². The molecule has 1 aromatic carbocycles. The molecule has 0 radical (unpaired) electrons. The van der Waals surface area contributed by atoms with Gasteiger partial charge in [-0.2, -0.15) is 0 Å². The van der Waals surface area contributed by atoms with Gasteiger partial charge in [0, 0.05) is 24.2 Å². The van der Waals surface area contributed by atoms with Crippen LogP contribution in [0.15, 0.2) is 18.2 Å². The number of nitrogens with one attached hydrogen (secondary N) is 2. The summed E-state index contributed by atoms with van der Waals surface area (Å²) in [5, 5.41) is 14.5. The zero-order valence-corrected chi connectivity index (χ0v) is 14.7. The molecule has 6 nitrogen and oxygen atoms in total. The Kier molecular flexibility index (Phi) is 6.95. The van der Waals surface area contributed by atoms with E-state index in [4.69, 9.17) is 5.11 Å². The van der Waals surface area contributed by atoms with Crippen molar-refractivity contribution in [2.75, 3.05) is 10.6 Å². The summed E-state index contributed by atoms with van der Waals surface area (Å²) in [6.07, 6.45) is 1.23. The van der Waals surface area contributed by atoms with Crippen molar-refractivity contribution in [2.45, 2.75) is 53.4 Å². The second kappa shape index (κ2) is 8.47. The van der Waals surface area contributed by atoms with Crippen molar-refractivity contribution in [1.29, 1.82) is 0 Å². The van der Waals surface area contributed by atoms with Crippen molar-refractivity contribution in [3.8, 4) is 0 Å². The van der Waals surface area contributed by atoms with Crippen LogP contribution in [0.25, 0.3) is 0 Å². The van der Waals surface area contributed by atoms with Gasteiger partial charge in [0.15, 0.2) is 0 Å². The molecule has 1 rings (SSSR count). The third-order valence-electron chi connectivity index (χ3n) is 3.63. The molecule has 0 saturated carbocycles. The molecule has 2 amide bonds. The minimum absolute atomic E-state index is 0.0633. The van der Waals surface area contributed by atoms with Crippen molar-refractivity contribution in [1.82, 2.24) is 0 Å². The van der Waals surface area contributed by atoms with Gasteiger partial charge in [-0.05, 0) is 36.5 Å². The smallest absolute Gasteiger partial charge is 0.303 e. The lowest BCUT2D eigenvalue weighted by Gasteiger charge is -2.22. The van der Waals surface area contributed by atoms with Gasteiger partial charge in [-0.15, -0.1) is 0 Å². The van der Waals surface area contributed by atoms with E-state index in [2.05, 4.69) is 10.6 Å². The molecule has 24 heavy (non-hydrogen) atoms. The summed E-state index contributed by atoms with van der Waals surface area (Å²) in [5.41, 5.74) is 1.42. The Morgan fingerprint density at radius 3 is 2.08 bits per heavy atom. The molecule has 0 unspecified atom stereocenters. The third kappa shape index (κ3) is 6.40. The first-order valence-corrected chi connectivity index (χ1v) is 8.05. The lowest BCUT2D eigenvalue weighted by atomic mass is 9.85. The SMILES string of the molecule is CCCC(=O)Nc1cccc(NC(=O)CC(C)(C)CC(=O)O)c1C. The maximum Gasteiger partial charge on any atom is 0.303 e. The second-order valence-corrected chi connectivity index (χ2v) is 6.74. The van der Waals surface area contributed by atoms with E-state index in [9.17, 15) is 14.4 Å². The summed E-state index contributed by atoms with van der Waals surface area (Å²) >= 11 is 0. The average Bonchev–Trinajstić information content (AvgIpc) is 2.41. The summed E-state index contributed by atoms with van der Waals surface area (Å²) < 4.78 is 0. The maximum absolute atomic E-state index is 12.2. The molecule has 0 aliphatic rings. The van der Waals surface area contributed by atoms with Crippen LogP contribution in [0.1, 0.15) is 52.0 Å². The number of carboxylic acid groups (broad SMARTS) is 1. The van der Waals surface area contributed by atoms with Crippen LogP contribution in [0.3, 0.4) is 0 Å². The maximum atomic E-state index is 12.2. The van der Waals surface area contributed by atoms with Gasteiger partial charge in [-0.1, -0.05) is 26.8 Å². The van der Waals surface area contributed by atoms with Gasteiger partial charge in [-0.25, -0.2) is 0 Å². The Morgan fingerprint density at radius 1 is 1.04 bits per heavy atom. The molecule has 0 aliphatic carbocycles. The number of amides is 2. The number of rotatable bonds is 8. The largest absolute Gasteiger partial charge is 0.481 e. The van der Waals surface area contributed by atoms with Crippen molar-refractivity contribution < 1.29 is 19.5 Å². The van der Waals surface area contributed by atoms with E-state index in [1.165, 1.54) is 0 Å². The van der Waals surface area contributed by atoms with Crippen LogP contribution in [0, 0.1) is 12.3 Å². The normalized spacial score (nSPS) is 11.0. The van der Waals surface area contributed by atoms with Gasteiger partial charge in [0.05, 0.1) is 6.42 Å². The van der Waals surface area contributed by atoms with E-state index in [0.29, 0.717) is 17.8 Å². The first-order valence-electron chi connectivity index (χ1n) is 8.05. The number of carbonyl (C=O) groups excluding carboxylic acids is 2. The molecule has 6 heteroatoms. The highest BCUT2D eigenvalue weighted by atomic mass is 16.4. The molecule has 0 spiro atoms. The third-order valence-corrected chi connectivity index (χ3v) is 3.63. The zero-order valence-electron chi connectivity index (χ0n) is 14.7. The van der Waals surface area contributed by atoms with Gasteiger partial charge in [0.1, 0.15) is 0 Å². The minimum Gasteiger partial charge on any atom is -0.481 e. The number of aliphatic carboxylic acids is 1. The fourth-order valence-electron chi connectivity index (χ4n) is 2.45. The molecule has 0 bridgehead atoms. The van der Waals surface area contributed by atoms with Gasteiger partial charge >= 0.3 is 5.97 Å². The summed E-state index contributed by atoms with van der Waals surface area (Å²) in [7, 11) is 0. The molecule has 0 atom stereocenters. The molecule has 0 aromatic heterocycles. The highest BCUT2D eigenvalue weighted by Gasteiger charge is 2.25. The van der Waals surface area contributed by atoms with E-state index in [1.54, 1.807) is 32.0 Å². The van der Waals surface area contributed by atoms with Crippen molar-refractivity contribution >= 4 is 29.2 Å². The number of carbonyl (C=O) groups is 3. The molecule has 1 aromatic rings.